The average Bonchev–Trinajstić information content (AvgIpc) is 3.48. The number of benzene rings is 1. The second-order valence-electron chi connectivity index (χ2n) is 9.33. The van der Waals surface area contributed by atoms with Crippen LogP contribution in [0, 0.1) is 18.8 Å². The summed E-state index contributed by atoms with van der Waals surface area (Å²) in [6.45, 7) is 6.37. The van der Waals surface area contributed by atoms with Gasteiger partial charge in [-0.05, 0) is 43.2 Å². The van der Waals surface area contributed by atoms with Crippen LogP contribution in [0.5, 0.6) is 0 Å². The monoisotopic (exact) mass is 408 g/mol. The van der Waals surface area contributed by atoms with Crippen molar-refractivity contribution in [1.82, 2.24) is 9.80 Å². The average molecular weight is 409 g/mol. The first kappa shape index (κ1) is 19.3. The van der Waals surface area contributed by atoms with Crippen molar-refractivity contribution < 1.29 is 4.79 Å². The van der Waals surface area contributed by atoms with Crippen LogP contribution in [0.4, 0.5) is 0 Å². The van der Waals surface area contributed by atoms with Crippen LogP contribution in [0.1, 0.15) is 54.0 Å². The largest absolute Gasteiger partial charge is 0.338 e. The van der Waals surface area contributed by atoms with Crippen LogP contribution < -0.4 is 0 Å². The van der Waals surface area contributed by atoms with Gasteiger partial charge in [-0.15, -0.1) is 11.3 Å². The van der Waals surface area contributed by atoms with Crippen LogP contribution in [0.3, 0.4) is 0 Å². The second-order valence-corrected chi connectivity index (χ2v) is 10.4. The van der Waals surface area contributed by atoms with Gasteiger partial charge in [-0.2, -0.15) is 0 Å². The molecule has 2 aliphatic heterocycles. The predicted molar refractivity (Wildman–Crippen MR) is 119 cm³/mol. The molecule has 3 heterocycles. The Balaban J connectivity index is 1.39. The highest BCUT2D eigenvalue weighted by Crippen LogP contribution is 2.43. The summed E-state index contributed by atoms with van der Waals surface area (Å²) in [5.41, 5.74) is 2.76. The van der Waals surface area contributed by atoms with Crippen LogP contribution in [-0.4, -0.2) is 41.4 Å². The topological polar surface area (TPSA) is 23.6 Å². The van der Waals surface area contributed by atoms with Gasteiger partial charge in [-0.3, -0.25) is 9.69 Å². The van der Waals surface area contributed by atoms with E-state index in [1.165, 1.54) is 28.8 Å². The Kier molecular flexibility index (Phi) is 5.49. The van der Waals surface area contributed by atoms with E-state index in [4.69, 9.17) is 0 Å². The maximum absolute atomic E-state index is 13.4. The molecule has 3 atom stereocenters. The molecule has 3 aliphatic rings. The first-order valence-electron chi connectivity index (χ1n) is 11.3. The Morgan fingerprint density at radius 2 is 1.97 bits per heavy atom. The molecule has 0 spiro atoms. The zero-order chi connectivity index (χ0) is 19.8. The quantitative estimate of drug-likeness (QED) is 0.706. The molecule has 4 heteroatoms. The van der Waals surface area contributed by atoms with Crippen molar-refractivity contribution in [2.24, 2.45) is 11.8 Å². The van der Waals surface area contributed by atoms with Gasteiger partial charge < -0.3 is 4.90 Å². The minimum Gasteiger partial charge on any atom is -0.338 e. The summed E-state index contributed by atoms with van der Waals surface area (Å²) >= 11 is 1.86. The first-order chi connectivity index (χ1) is 14.2. The molecule has 0 radical (unpaired) electrons. The lowest BCUT2D eigenvalue weighted by Crippen LogP contribution is -2.48. The number of fused-ring (bicyclic) bond motifs is 1. The fourth-order valence-electron chi connectivity index (χ4n) is 5.99. The first-order valence-corrected chi connectivity index (χ1v) is 12.2. The van der Waals surface area contributed by atoms with Crippen LogP contribution in [0.25, 0.3) is 0 Å². The van der Waals surface area contributed by atoms with Crippen molar-refractivity contribution >= 4 is 17.2 Å². The lowest BCUT2D eigenvalue weighted by Gasteiger charge is -2.39. The highest BCUT2D eigenvalue weighted by Gasteiger charge is 2.48. The Hall–Kier alpha value is -1.65. The molecule has 2 aromatic rings. The molecule has 0 bridgehead atoms. The molecule has 1 aromatic carbocycles. The number of carbonyl (C=O) groups excluding carboxylic acids is 1. The number of amides is 1. The van der Waals surface area contributed by atoms with Gasteiger partial charge in [0.1, 0.15) is 0 Å². The number of aryl methyl sites for hydroxylation is 1. The second kappa shape index (κ2) is 8.23. The number of carbonyl (C=O) groups is 1. The van der Waals surface area contributed by atoms with Crippen LogP contribution in [0.2, 0.25) is 0 Å². The normalized spacial score (nSPS) is 28.0. The van der Waals surface area contributed by atoms with E-state index in [1.807, 2.05) is 11.3 Å². The summed E-state index contributed by atoms with van der Waals surface area (Å²) in [6, 6.07) is 13.8. The number of likely N-dealkylation sites (tertiary alicyclic amines) is 2. The summed E-state index contributed by atoms with van der Waals surface area (Å²) in [7, 11) is 0. The fraction of sp³-hybridized carbons (Fsp3) is 0.560. The third-order valence-electron chi connectivity index (χ3n) is 7.43. The Morgan fingerprint density at radius 1 is 1.10 bits per heavy atom. The lowest BCUT2D eigenvalue weighted by atomic mass is 9.81. The van der Waals surface area contributed by atoms with Gasteiger partial charge >= 0.3 is 0 Å². The highest BCUT2D eigenvalue weighted by atomic mass is 32.1. The minimum atomic E-state index is 0.288. The van der Waals surface area contributed by atoms with E-state index < -0.39 is 0 Å². The summed E-state index contributed by atoms with van der Waals surface area (Å²) in [4.78, 5) is 19.8. The predicted octanol–water partition coefficient (Wildman–Crippen LogP) is 5.06. The molecule has 1 aromatic heterocycles. The van der Waals surface area contributed by atoms with Crippen LogP contribution >= 0.6 is 11.3 Å². The molecule has 2 saturated heterocycles. The number of piperidine rings is 1. The van der Waals surface area contributed by atoms with Crippen molar-refractivity contribution in [2.45, 2.75) is 57.5 Å². The van der Waals surface area contributed by atoms with E-state index in [0.717, 1.165) is 45.4 Å². The maximum Gasteiger partial charge on any atom is 0.225 e. The van der Waals surface area contributed by atoms with E-state index in [9.17, 15) is 4.79 Å². The summed E-state index contributed by atoms with van der Waals surface area (Å²) in [5, 5.41) is 2.18. The van der Waals surface area contributed by atoms with E-state index in [0.29, 0.717) is 23.8 Å². The number of hydrogen-bond acceptors (Lipinski definition) is 3. The van der Waals surface area contributed by atoms with Gasteiger partial charge in [0.25, 0.3) is 0 Å². The van der Waals surface area contributed by atoms with Gasteiger partial charge in [0.2, 0.25) is 5.91 Å². The summed E-state index contributed by atoms with van der Waals surface area (Å²) in [6.07, 6.45) is 5.79. The Labute approximate surface area is 178 Å². The van der Waals surface area contributed by atoms with E-state index >= 15 is 0 Å². The van der Waals surface area contributed by atoms with E-state index in [-0.39, 0.29) is 5.92 Å². The fourth-order valence-corrected chi connectivity index (χ4v) is 6.73. The maximum atomic E-state index is 13.4. The molecule has 1 saturated carbocycles. The molecule has 3 nitrogen and oxygen atoms in total. The van der Waals surface area contributed by atoms with Crippen molar-refractivity contribution in [2.75, 3.05) is 19.6 Å². The number of hydrogen-bond donors (Lipinski definition) is 0. The number of nitrogens with zero attached hydrogens (tertiary/aromatic N) is 2. The van der Waals surface area contributed by atoms with Crippen molar-refractivity contribution in [1.29, 1.82) is 0 Å². The van der Waals surface area contributed by atoms with Crippen molar-refractivity contribution in [3.05, 3.63) is 57.8 Å². The van der Waals surface area contributed by atoms with Crippen LogP contribution in [-0.2, 0) is 11.3 Å². The standard InChI is InChI=1S/C25H32N2OS/c1-18-6-4-9-20(14-18)22-17-27(25(28)19-7-2-3-8-19)24-11-12-26(16-23(22)24)15-21-10-5-13-29-21/h4-6,9-10,13-14,19,22-24H,2-3,7-8,11-12,15-17H2,1H3/t22-,23-,24-/m1/s1. The molecule has 154 valence electrons. The van der Waals surface area contributed by atoms with Gasteiger partial charge in [-0.25, -0.2) is 0 Å². The SMILES string of the molecule is Cc1cccc([C@H]2CN(C(=O)C3CCCC3)[C@@H]3CCN(Cc4cccs4)C[C@H]23)c1. The zero-order valence-electron chi connectivity index (χ0n) is 17.4. The number of rotatable bonds is 4. The molecule has 5 rings (SSSR count). The Bertz CT molecular complexity index is 842. The van der Waals surface area contributed by atoms with Gasteiger partial charge in [0.15, 0.2) is 0 Å². The molecule has 3 fully saturated rings. The summed E-state index contributed by atoms with van der Waals surface area (Å²) in [5.74, 6) is 1.77. The molecule has 1 aliphatic carbocycles. The van der Waals surface area contributed by atoms with Crippen LogP contribution in [0.15, 0.2) is 41.8 Å². The minimum absolute atomic E-state index is 0.288. The van der Waals surface area contributed by atoms with Gasteiger partial charge in [-0.1, -0.05) is 48.7 Å². The third kappa shape index (κ3) is 3.89. The van der Waals surface area contributed by atoms with Crippen molar-refractivity contribution in [3.63, 3.8) is 0 Å². The molecule has 29 heavy (non-hydrogen) atoms. The van der Waals surface area contributed by atoms with E-state index in [1.54, 1.807) is 0 Å². The Morgan fingerprint density at radius 3 is 2.72 bits per heavy atom. The third-order valence-corrected chi connectivity index (χ3v) is 8.29. The smallest absolute Gasteiger partial charge is 0.225 e. The van der Waals surface area contributed by atoms with Crippen molar-refractivity contribution in [3.8, 4) is 0 Å². The molecule has 0 N–H and O–H groups in total. The molecular weight excluding hydrogens is 376 g/mol. The number of thiophene rings is 1. The highest BCUT2D eigenvalue weighted by molar-refractivity contribution is 7.09. The van der Waals surface area contributed by atoms with E-state index in [2.05, 4.69) is 58.5 Å². The molecular formula is C25H32N2OS. The summed E-state index contributed by atoms with van der Waals surface area (Å²) < 4.78 is 0. The lowest BCUT2D eigenvalue weighted by molar-refractivity contribution is -0.137. The molecule has 0 unspecified atom stereocenters. The molecule has 1 amide bonds. The van der Waals surface area contributed by atoms with Gasteiger partial charge in [0.05, 0.1) is 0 Å². The zero-order valence-corrected chi connectivity index (χ0v) is 18.2. The van der Waals surface area contributed by atoms with Gasteiger partial charge in [0, 0.05) is 54.9 Å².